The molecule has 1 aliphatic carbocycles. The van der Waals surface area contributed by atoms with Gasteiger partial charge in [0.05, 0.1) is 6.54 Å². The largest absolute Gasteiger partial charge is 0.339 e. The summed E-state index contributed by atoms with van der Waals surface area (Å²) in [6, 6.07) is 2.35. The van der Waals surface area contributed by atoms with Crippen molar-refractivity contribution in [3.05, 3.63) is 34.6 Å². The van der Waals surface area contributed by atoms with E-state index in [1.54, 1.807) is 11.9 Å². The molecule has 0 unspecified atom stereocenters. The quantitative estimate of drug-likeness (QED) is 0.935. The third-order valence-corrected chi connectivity index (χ3v) is 3.61. The van der Waals surface area contributed by atoms with Crippen LogP contribution in [0.25, 0.3) is 0 Å². The van der Waals surface area contributed by atoms with Gasteiger partial charge in [-0.1, -0.05) is 0 Å². The molecule has 3 rings (SSSR count). The molecular formula is C12H14BrN5O. The SMILES string of the molecule is CN(Cc1ncn[nH]1)C(=O)c1cc(Br)cn1C1CC1. The molecule has 2 aromatic heterocycles. The Hall–Kier alpha value is -1.63. The second-order valence-corrected chi connectivity index (χ2v) is 5.69. The van der Waals surface area contributed by atoms with Crippen molar-refractivity contribution >= 4 is 21.8 Å². The lowest BCUT2D eigenvalue weighted by Crippen LogP contribution is -2.28. The highest BCUT2D eigenvalue weighted by Crippen LogP contribution is 2.37. The van der Waals surface area contributed by atoms with Crippen molar-refractivity contribution in [2.75, 3.05) is 7.05 Å². The molecular weight excluding hydrogens is 310 g/mol. The summed E-state index contributed by atoms with van der Waals surface area (Å²) in [5, 5.41) is 6.54. The topological polar surface area (TPSA) is 66.8 Å². The summed E-state index contributed by atoms with van der Waals surface area (Å²) in [6.07, 6.45) is 5.71. The van der Waals surface area contributed by atoms with E-state index < -0.39 is 0 Å². The van der Waals surface area contributed by atoms with Crippen LogP contribution in [-0.4, -0.2) is 37.6 Å². The maximum Gasteiger partial charge on any atom is 0.270 e. The first-order valence-electron chi connectivity index (χ1n) is 6.12. The molecule has 0 aromatic carbocycles. The van der Waals surface area contributed by atoms with E-state index in [4.69, 9.17) is 0 Å². The van der Waals surface area contributed by atoms with Gasteiger partial charge in [-0.3, -0.25) is 9.89 Å². The molecule has 1 saturated carbocycles. The van der Waals surface area contributed by atoms with E-state index in [2.05, 4.69) is 35.7 Å². The highest BCUT2D eigenvalue weighted by Gasteiger charge is 2.28. The molecule has 100 valence electrons. The lowest BCUT2D eigenvalue weighted by Gasteiger charge is -2.16. The molecule has 0 bridgehead atoms. The predicted octanol–water partition coefficient (Wildman–Crippen LogP) is 1.98. The van der Waals surface area contributed by atoms with E-state index in [1.165, 1.54) is 6.33 Å². The second-order valence-electron chi connectivity index (χ2n) is 4.78. The van der Waals surface area contributed by atoms with Gasteiger partial charge in [0.15, 0.2) is 0 Å². The lowest BCUT2D eigenvalue weighted by atomic mass is 10.3. The summed E-state index contributed by atoms with van der Waals surface area (Å²) < 4.78 is 3.00. The van der Waals surface area contributed by atoms with Crippen LogP contribution in [0.3, 0.4) is 0 Å². The molecule has 0 atom stereocenters. The first kappa shape index (κ1) is 12.4. The van der Waals surface area contributed by atoms with Gasteiger partial charge in [0.25, 0.3) is 5.91 Å². The maximum atomic E-state index is 12.5. The molecule has 2 aromatic rings. The fourth-order valence-corrected chi connectivity index (χ4v) is 2.51. The van der Waals surface area contributed by atoms with Gasteiger partial charge in [-0.15, -0.1) is 0 Å². The zero-order chi connectivity index (χ0) is 13.4. The third kappa shape index (κ3) is 2.56. The van der Waals surface area contributed by atoms with Crippen molar-refractivity contribution in [2.45, 2.75) is 25.4 Å². The summed E-state index contributed by atoms with van der Waals surface area (Å²) >= 11 is 3.44. The fraction of sp³-hybridized carbons (Fsp3) is 0.417. The van der Waals surface area contributed by atoms with Crippen LogP contribution < -0.4 is 0 Å². The summed E-state index contributed by atoms with van der Waals surface area (Å²) in [5.41, 5.74) is 0.719. The highest BCUT2D eigenvalue weighted by atomic mass is 79.9. The molecule has 1 fully saturated rings. The minimum atomic E-state index is -0.00556. The van der Waals surface area contributed by atoms with Gasteiger partial charge in [0.1, 0.15) is 17.8 Å². The molecule has 0 radical (unpaired) electrons. The predicted molar refractivity (Wildman–Crippen MR) is 72.6 cm³/mol. The molecule has 0 saturated heterocycles. The number of nitrogens with zero attached hydrogens (tertiary/aromatic N) is 4. The Morgan fingerprint density at radius 3 is 3.05 bits per heavy atom. The van der Waals surface area contributed by atoms with Gasteiger partial charge in [0.2, 0.25) is 0 Å². The van der Waals surface area contributed by atoms with E-state index in [-0.39, 0.29) is 5.91 Å². The van der Waals surface area contributed by atoms with Crippen molar-refractivity contribution < 1.29 is 4.79 Å². The Kier molecular flexibility index (Phi) is 3.14. The van der Waals surface area contributed by atoms with E-state index in [9.17, 15) is 4.79 Å². The summed E-state index contributed by atoms with van der Waals surface area (Å²) in [7, 11) is 1.77. The normalized spacial score (nSPS) is 14.6. The van der Waals surface area contributed by atoms with E-state index in [0.717, 1.165) is 23.0 Å². The molecule has 0 spiro atoms. The van der Waals surface area contributed by atoms with Crippen molar-refractivity contribution in [1.29, 1.82) is 0 Å². The Morgan fingerprint density at radius 1 is 1.63 bits per heavy atom. The number of H-pyrrole nitrogens is 1. The van der Waals surface area contributed by atoms with Crippen LogP contribution in [-0.2, 0) is 6.54 Å². The minimum Gasteiger partial charge on any atom is -0.339 e. The van der Waals surface area contributed by atoms with Gasteiger partial charge in [-0.05, 0) is 34.8 Å². The highest BCUT2D eigenvalue weighted by molar-refractivity contribution is 9.10. The van der Waals surface area contributed by atoms with E-state index >= 15 is 0 Å². The standard InChI is InChI=1S/C12H14BrN5O/c1-17(6-11-14-7-15-16-11)12(19)10-4-8(13)5-18(10)9-2-3-9/h4-5,7,9H,2-3,6H2,1H3,(H,14,15,16). The number of carbonyl (C=O) groups excluding carboxylic acids is 1. The van der Waals surface area contributed by atoms with Crippen molar-refractivity contribution in [3.63, 3.8) is 0 Å². The van der Waals surface area contributed by atoms with Gasteiger partial charge in [0, 0.05) is 23.8 Å². The van der Waals surface area contributed by atoms with Crippen LogP contribution in [0.4, 0.5) is 0 Å². The Balaban J connectivity index is 1.79. The molecule has 0 aliphatic heterocycles. The average Bonchev–Trinajstić information content (AvgIpc) is 2.97. The Bertz CT molecular complexity index is 587. The summed E-state index contributed by atoms with van der Waals surface area (Å²) in [6.45, 7) is 0.423. The number of carbonyl (C=O) groups is 1. The van der Waals surface area contributed by atoms with Crippen molar-refractivity contribution in [2.24, 2.45) is 0 Å². The second kappa shape index (κ2) is 4.80. The summed E-state index contributed by atoms with van der Waals surface area (Å²) in [5.74, 6) is 0.674. The van der Waals surface area contributed by atoms with Gasteiger partial charge in [-0.25, -0.2) is 4.98 Å². The maximum absolute atomic E-state index is 12.5. The number of amides is 1. The van der Waals surface area contributed by atoms with Crippen LogP contribution in [0.15, 0.2) is 23.1 Å². The molecule has 19 heavy (non-hydrogen) atoms. The molecule has 6 nitrogen and oxygen atoms in total. The number of rotatable bonds is 4. The van der Waals surface area contributed by atoms with E-state index in [0.29, 0.717) is 18.4 Å². The van der Waals surface area contributed by atoms with Crippen LogP contribution in [0.2, 0.25) is 0 Å². The summed E-state index contributed by atoms with van der Waals surface area (Å²) in [4.78, 5) is 18.1. The first-order chi connectivity index (χ1) is 9.15. The van der Waals surface area contributed by atoms with Crippen LogP contribution >= 0.6 is 15.9 Å². The Morgan fingerprint density at radius 2 is 2.42 bits per heavy atom. The lowest BCUT2D eigenvalue weighted by molar-refractivity contribution is 0.0770. The van der Waals surface area contributed by atoms with Crippen molar-refractivity contribution in [1.82, 2.24) is 24.6 Å². The number of aromatic nitrogens is 4. The smallest absolute Gasteiger partial charge is 0.270 e. The molecule has 2 heterocycles. The number of aromatic amines is 1. The molecule has 1 N–H and O–H groups in total. The number of nitrogens with one attached hydrogen (secondary N) is 1. The zero-order valence-corrected chi connectivity index (χ0v) is 12.1. The monoisotopic (exact) mass is 323 g/mol. The van der Waals surface area contributed by atoms with E-state index in [1.807, 2.05) is 12.3 Å². The number of hydrogen-bond acceptors (Lipinski definition) is 3. The number of hydrogen-bond donors (Lipinski definition) is 1. The van der Waals surface area contributed by atoms with Gasteiger partial charge < -0.3 is 9.47 Å². The molecule has 7 heteroatoms. The minimum absolute atomic E-state index is 0.00556. The van der Waals surface area contributed by atoms with Crippen LogP contribution in [0.1, 0.15) is 35.2 Å². The van der Waals surface area contributed by atoms with Crippen LogP contribution in [0.5, 0.6) is 0 Å². The van der Waals surface area contributed by atoms with Crippen LogP contribution in [0, 0.1) is 0 Å². The number of halogens is 1. The Labute approximate surface area is 118 Å². The van der Waals surface area contributed by atoms with Crippen molar-refractivity contribution in [3.8, 4) is 0 Å². The first-order valence-corrected chi connectivity index (χ1v) is 6.91. The molecule has 1 amide bonds. The van der Waals surface area contributed by atoms with Gasteiger partial charge in [-0.2, -0.15) is 5.10 Å². The third-order valence-electron chi connectivity index (χ3n) is 3.17. The van der Waals surface area contributed by atoms with Gasteiger partial charge >= 0.3 is 0 Å². The zero-order valence-electron chi connectivity index (χ0n) is 10.5. The average molecular weight is 324 g/mol. The molecule has 1 aliphatic rings. The fourth-order valence-electron chi connectivity index (χ4n) is 2.07.